The first-order chi connectivity index (χ1) is 3.93. The van der Waals surface area contributed by atoms with Crippen molar-refractivity contribution in [2.75, 3.05) is 0 Å². The number of thiocarbonyl (C=S) groups is 1. The normalized spacial score (nSPS) is 9.00. The molecule has 0 bridgehead atoms. The number of nitrogens with zero attached hydrogens (tertiary/aromatic N) is 4. The van der Waals surface area contributed by atoms with Gasteiger partial charge in [0, 0.05) is 0 Å². The molecule has 1 rings (SSSR count). The molecular formula is C3H3N4S. The third kappa shape index (κ3) is 1.06. The first kappa shape index (κ1) is 5.30. The second-order valence-corrected chi connectivity index (χ2v) is 1.44. The summed E-state index contributed by atoms with van der Waals surface area (Å²) in [4.78, 5) is 0. The standard InChI is InChI=1S/C3H3N4S/c8-2-1-7-3-4-5-6-7/h3H,1H2. The highest BCUT2D eigenvalue weighted by atomic mass is 32.1. The summed E-state index contributed by atoms with van der Waals surface area (Å²) in [7, 11) is 0. The summed E-state index contributed by atoms with van der Waals surface area (Å²) in [5.74, 6) is 0. The Morgan fingerprint density at radius 3 is 3.12 bits per heavy atom. The summed E-state index contributed by atoms with van der Waals surface area (Å²) in [6, 6.07) is 0. The van der Waals surface area contributed by atoms with Gasteiger partial charge in [0.1, 0.15) is 6.33 Å². The van der Waals surface area contributed by atoms with Gasteiger partial charge in [0.15, 0.2) is 0 Å². The van der Waals surface area contributed by atoms with Crippen LogP contribution in [-0.2, 0) is 6.54 Å². The van der Waals surface area contributed by atoms with Crippen molar-refractivity contribution in [2.45, 2.75) is 6.54 Å². The molecule has 0 fully saturated rings. The lowest BCUT2D eigenvalue weighted by Crippen LogP contribution is -1.97. The van der Waals surface area contributed by atoms with Crippen LogP contribution in [0.3, 0.4) is 0 Å². The van der Waals surface area contributed by atoms with Gasteiger partial charge in [0.05, 0.1) is 11.9 Å². The van der Waals surface area contributed by atoms with Crippen molar-refractivity contribution in [1.82, 2.24) is 20.2 Å². The number of tetrazole rings is 1. The number of hydrogen-bond donors (Lipinski definition) is 0. The quantitative estimate of drug-likeness (QED) is 0.505. The Morgan fingerprint density at radius 1 is 1.75 bits per heavy atom. The van der Waals surface area contributed by atoms with E-state index in [1.54, 1.807) is 0 Å². The molecule has 0 saturated carbocycles. The third-order valence-corrected chi connectivity index (χ3v) is 0.747. The fourth-order valence-corrected chi connectivity index (χ4v) is 0.451. The molecule has 0 N–H and O–H groups in total. The van der Waals surface area contributed by atoms with Crippen molar-refractivity contribution < 1.29 is 0 Å². The van der Waals surface area contributed by atoms with Crippen LogP contribution in [0.25, 0.3) is 0 Å². The Labute approximate surface area is 51.5 Å². The van der Waals surface area contributed by atoms with Crippen molar-refractivity contribution in [3.8, 4) is 0 Å². The van der Waals surface area contributed by atoms with E-state index in [9.17, 15) is 0 Å². The van der Waals surface area contributed by atoms with Gasteiger partial charge in [-0.2, -0.15) is 0 Å². The molecule has 1 aromatic heterocycles. The molecule has 0 saturated heterocycles. The SMILES string of the molecule is S=[C]Cn1cnnn1. The molecule has 1 aromatic rings. The highest BCUT2D eigenvalue weighted by Gasteiger charge is 1.84. The van der Waals surface area contributed by atoms with E-state index in [2.05, 4.69) is 33.1 Å². The second kappa shape index (κ2) is 2.46. The average Bonchev–Trinajstić information content (AvgIpc) is 2.19. The lowest BCUT2D eigenvalue weighted by atomic mass is 10.8. The predicted molar refractivity (Wildman–Crippen MR) is 30.4 cm³/mol. The van der Waals surface area contributed by atoms with E-state index in [-0.39, 0.29) is 0 Å². The zero-order chi connectivity index (χ0) is 5.82. The van der Waals surface area contributed by atoms with Crippen molar-refractivity contribution in [3.05, 3.63) is 6.33 Å². The van der Waals surface area contributed by atoms with E-state index in [1.165, 1.54) is 11.0 Å². The minimum absolute atomic E-state index is 0.475. The smallest absolute Gasteiger partial charge is 0.138 e. The zero-order valence-electron chi connectivity index (χ0n) is 3.98. The van der Waals surface area contributed by atoms with Crippen molar-refractivity contribution in [1.29, 1.82) is 0 Å². The van der Waals surface area contributed by atoms with Crippen LogP contribution >= 0.6 is 12.2 Å². The molecule has 0 aliphatic carbocycles. The molecule has 1 radical (unpaired) electrons. The monoisotopic (exact) mass is 127 g/mol. The van der Waals surface area contributed by atoms with Crippen molar-refractivity contribution in [2.24, 2.45) is 0 Å². The first-order valence-corrected chi connectivity index (χ1v) is 2.40. The van der Waals surface area contributed by atoms with Crippen LogP contribution in [0.1, 0.15) is 0 Å². The minimum atomic E-state index is 0.475. The molecule has 5 heteroatoms. The zero-order valence-corrected chi connectivity index (χ0v) is 4.80. The summed E-state index contributed by atoms with van der Waals surface area (Å²) in [6.07, 6.45) is 1.49. The largest absolute Gasteiger partial charge is 0.227 e. The van der Waals surface area contributed by atoms with Crippen LogP contribution in [0.15, 0.2) is 6.33 Å². The Balaban J connectivity index is 2.62. The third-order valence-electron chi connectivity index (χ3n) is 0.618. The van der Waals surface area contributed by atoms with Crippen LogP contribution in [0.5, 0.6) is 0 Å². The van der Waals surface area contributed by atoms with Crippen molar-refractivity contribution >= 4 is 17.6 Å². The van der Waals surface area contributed by atoms with E-state index < -0.39 is 0 Å². The molecule has 41 valence electrons. The molecule has 4 nitrogen and oxygen atoms in total. The molecule has 0 aliphatic heterocycles. The van der Waals surface area contributed by atoms with Gasteiger partial charge in [-0.25, -0.2) is 4.68 Å². The van der Waals surface area contributed by atoms with E-state index in [0.29, 0.717) is 6.54 Å². The Morgan fingerprint density at radius 2 is 2.62 bits per heavy atom. The maximum atomic E-state index is 4.43. The summed E-state index contributed by atoms with van der Waals surface area (Å²) in [6.45, 7) is 0.475. The van der Waals surface area contributed by atoms with Crippen LogP contribution in [-0.4, -0.2) is 25.6 Å². The molecule has 8 heavy (non-hydrogen) atoms. The van der Waals surface area contributed by atoms with Gasteiger partial charge < -0.3 is 0 Å². The lowest BCUT2D eigenvalue weighted by Gasteiger charge is -1.83. The number of rotatable bonds is 2. The maximum absolute atomic E-state index is 4.43. The first-order valence-electron chi connectivity index (χ1n) is 1.99. The molecule has 0 unspecified atom stereocenters. The second-order valence-electron chi connectivity index (χ2n) is 1.15. The molecule has 1 heterocycles. The molecule has 0 atom stereocenters. The van der Waals surface area contributed by atoms with E-state index >= 15 is 0 Å². The fourth-order valence-electron chi connectivity index (χ4n) is 0.319. The lowest BCUT2D eigenvalue weighted by molar-refractivity contribution is 0.686. The molecule has 0 aromatic carbocycles. The Hall–Kier alpha value is -0.840. The van der Waals surface area contributed by atoms with Gasteiger partial charge in [-0.05, 0) is 10.4 Å². The molecule has 0 spiro atoms. The number of aromatic nitrogens is 4. The van der Waals surface area contributed by atoms with Gasteiger partial charge in [-0.3, -0.25) is 0 Å². The van der Waals surface area contributed by atoms with Gasteiger partial charge >= 0.3 is 0 Å². The minimum Gasteiger partial charge on any atom is -0.227 e. The Kier molecular flexibility index (Phi) is 1.63. The maximum Gasteiger partial charge on any atom is 0.138 e. The van der Waals surface area contributed by atoms with Crippen LogP contribution < -0.4 is 0 Å². The molecule has 0 amide bonds. The topological polar surface area (TPSA) is 43.6 Å². The Bertz CT molecular complexity index is 158. The highest BCUT2D eigenvalue weighted by molar-refractivity contribution is 7.78. The van der Waals surface area contributed by atoms with Crippen LogP contribution in [0, 0.1) is 0 Å². The average molecular weight is 127 g/mol. The van der Waals surface area contributed by atoms with Gasteiger partial charge in [0.2, 0.25) is 0 Å². The summed E-state index contributed by atoms with van der Waals surface area (Å²) in [5.41, 5.74) is 0. The van der Waals surface area contributed by atoms with Crippen molar-refractivity contribution in [3.63, 3.8) is 0 Å². The van der Waals surface area contributed by atoms with Gasteiger partial charge in [-0.1, -0.05) is 12.2 Å². The van der Waals surface area contributed by atoms with Gasteiger partial charge in [0.25, 0.3) is 0 Å². The van der Waals surface area contributed by atoms with E-state index in [0.717, 1.165) is 0 Å². The van der Waals surface area contributed by atoms with E-state index in [4.69, 9.17) is 0 Å². The molecular weight excluding hydrogens is 124 g/mol. The summed E-state index contributed by atoms with van der Waals surface area (Å²) >= 11 is 4.43. The van der Waals surface area contributed by atoms with Crippen LogP contribution in [0.2, 0.25) is 0 Å². The van der Waals surface area contributed by atoms with Gasteiger partial charge in [-0.15, -0.1) is 5.10 Å². The fraction of sp³-hybridized carbons (Fsp3) is 0.333. The summed E-state index contributed by atoms with van der Waals surface area (Å²) in [5, 5.41) is 12.8. The predicted octanol–water partition coefficient (Wildman–Crippen LogP) is -0.450. The van der Waals surface area contributed by atoms with Crippen LogP contribution in [0.4, 0.5) is 0 Å². The number of hydrogen-bond acceptors (Lipinski definition) is 4. The molecule has 0 aliphatic rings. The highest BCUT2D eigenvalue weighted by Crippen LogP contribution is 1.71. The van der Waals surface area contributed by atoms with E-state index in [1.807, 2.05) is 0 Å². The summed E-state index contributed by atoms with van der Waals surface area (Å²) < 4.78 is 1.49.